The molecule has 5 nitrogen and oxygen atoms in total. The molecule has 0 aliphatic carbocycles. The van der Waals surface area contributed by atoms with E-state index in [2.05, 4.69) is 4.98 Å². The zero-order valence-electron chi connectivity index (χ0n) is 11.4. The molecule has 0 aliphatic heterocycles. The van der Waals surface area contributed by atoms with E-state index in [-0.39, 0.29) is 11.1 Å². The van der Waals surface area contributed by atoms with Crippen LogP contribution >= 0.6 is 11.6 Å². The molecule has 2 rings (SSSR count). The summed E-state index contributed by atoms with van der Waals surface area (Å²) < 4.78 is 10.5. The van der Waals surface area contributed by atoms with E-state index in [0.29, 0.717) is 30.0 Å². The highest BCUT2D eigenvalue weighted by Gasteiger charge is 2.16. The Kier molecular flexibility index (Phi) is 4.90. The van der Waals surface area contributed by atoms with E-state index in [1.165, 1.54) is 6.07 Å². The number of aryl methyl sites for hydroxylation is 1. The summed E-state index contributed by atoms with van der Waals surface area (Å²) in [5.74, 6) is 0.206. The first-order valence-corrected chi connectivity index (χ1v) is 6.58. The lowest BCUT2D eigenvalue weighted by molar-refractivity contribution is 0.304. The Morgan fingerprint density at radius 1 is 1.33 bits per heavy atom. The number of aromatic nitrogens is 1. The summed E-state index contributed by atoms with van der Waals surface area (Å²) in [5.41, 5.74) is 1.89. The van der Waals surface area contributed by atoms with Crippen LogP contribution in [0.3, 0.4) is 0 Å². The van der Waals surface area contributed by atoms with Crippen LogP contribution in [0.2, 0.25) is 5.15 Å². The zero-order valence-corrected chi connectivity index (χ0v) is 12.1. The fourth-order valence-corrected chi connectivity index (χ4v) is 2.08. The maximum Gasteiger partial charge on any atom is 0.226 e. The van der Waals surface area contributed by atoms with Crippen molar-refractivity contribution < 1.29 is 9.47 Å². The molecule has 0 saturated carbocycles. The van der Waals surface area contributed by atoms with Crippen molar-refractivity contribution in [2.75, 3.05) is 0 Å². The maximum absolute atomic E-state index is 7.83. The highest BCUT2D eigenvalue weighted by molar-refractivity contribution is 6.29. The zero-order chi connectivity index (χ0) is 15.2. The van der Waals surface area contributed by atoms with E-state index < -0.39 is 0 Å². The third kappa shape index (κ3) is 3.79. The normalized spacial score (nSPS) is 10.0. The molecule has 0 amide bonds. The van der Waals surface area contributed by atoms with Gasteiger partial charge in [-0.15, -0.1) is 0 Å². The van der Waals surface area contributed by atoms with E-state index >= 15 is 0 Å². The number of pyridine rings is 1. The van der Waals surface area contributed by atoms with Crippen LogP contribution in [0, 0.1) is 17.7 Å². The second kappa shape index (κ2) is 6.85. The van der Waals surface area contributed by atoms with Crippen LogP contribution < -0.4 is 4.74 Å². The molecule has 0 bridgehead atoms. The first-order chi connectivity index (χ1) is 10.1. The summed E-state index contributed by atoms with van der Waals surface area (Å²) in [6.07, 6.45) is 0.692. The minimum absolute atomic E-state index is 0.199. The van der Waals surface area contributed by atoms with Gasteiger partial charge in [0.05, 0.1) is 11.3 Å². The quantitative estimate of drug-likeness (QED) is 0.503. The van der Waals surface area contributed by atoms with Crippen molar-refractivity contribution in [3.05, 3.63) is 58.4 Å². The molecule has 1 aromatic carbocycles. The molecule has 1 aromatic heterocycles. The molecule has 0 atom stereocenters. The van der Waals surface area contributed by atoms with Crippen molar-refractivity contribution in [1.82, 2.24) is 4.98 Å². The average Bonchev–Trinajstić information content (AvgIpc) is 2.45. The highest BCUT2D eigenvalue weighted by atomic mass is 35.5. The first-order valence-electron chi connectivity index (χ1n) is 6.20. The number of nitrogens with one attached hydrogen (secondary N) is 2. The molecule has 0 fully saturated rings. The largest absolute Gasteiger partial charge is 0.488 e. The molecule has 6 heteroatoms. The lowest BCUT2D eigenvalue weighted by Gasteiger charge is -2.13. The van der Waals surface area contributed by atoms with Crippen LogP contribution in [-0.4, -0.2) is 17.3 Å². The second-order valence-electron chi connectivity index (χ2n) is 4.24. The second-order valence-corrected chi connectivity index (χ2v) is 4.63. The van der Waals surface area contributed by atoms with Crippen LogP contribution in [0.25, 0.3) is 0 Å². The lowest BCUT2D eigenvalue weighted by atomic mass is 10.2. The Bertz CT molecular complexity index is 659. The minimum atomic E-state index is -0.199. The summed E-state index contributed by atoms with van der Waals surface area (Å²) in [5, 5.41) is 15.0. The standard InChI is InChI=1S/C15H14ClN3O2/c1-10-14(15(18)21-9-17)12(7-13(16)19-10)20-8-11-5-3-2-4-6-11/h2-7,9,17-18H,8H2,1H3. The number of nitrogens with zero attached hydrogens (tertiary/aromatic N) is 1. The monoisotopic (exact) mass is 303 g/mol. The highest BCUT2D eigenvalue weighted by Crippen LogP contribution is 2.26. The van der Waals surface area contributed by atoms with Crippen molar-refractivity contribution in [2.24, 2.45) is 0 Å². The number of hydrogen-bond acceptors (Lipinski definition) is 5. The van der Waals surface area contributed by atoms with E-state index in [1.54, 1.807) is 6.92 Å². The van der Waals surface area contributed by atoms with Gasteiger partial charge in [0.15, 0.2) is 6.40 Å². The van der Waals surface area contributed by atoms with Crippen molar-refractivity contribution in [3.8, 4) is 5.75 Å². The van der Waals surface area contributed by atoms with Gasteiger partial charge in [-0.2, -0.15) is 0 Å². The van der Waals surface area contributed by atoms with Gasteiger partial charge >= 0.3 is 0 Å². The average molecular weight is 304 g/mol. The molecule has 0 saturated heterocycles. The van der Waals surface area contributed by atoms with E-state index in [9.17, 15) is 0 Å². The van der Waals surface area contributed by atoms with Crippen molar-refractivity contribution in [2.45, 2.75) is 13.5 Å². The molecule has 0 aliphatic rings. The van der Waals surface area contributed by atoms with Crippen LogP contribution in [0.5, 0.6) is 5.75 Å². The van der Waals surface area contributed by atoms with Gasteiger partial charge in [0.1, 0.15) is 17.5 Å². The molecule has 0 unspecified atom stereocenters. The first kappa shape index (κ1) is 15.0. The van der Waals surface area contributed by atoms with Gasteiger partial charge in [0.25, 0.3) is 0 Å². The van der Waals surface area contributed by atoms with Crippen molar-refractivity contribution in [3.63, 3.8) is 0 Å². The molecule has 108 valence electrons. The molecule has 0 spiro atoms. The molecule has 0 radical (unpaired) electrons. The SMILES string of the molecule is Cc1nc(Cl)cc(OCc2ccccc2)c1C(=N)OC=N. The molecular weight excluding hydrogens is 290 g/mol. The Hall–Kier alpha value is -2.40. The smallest absolute Gasteiger partial charge is 0.226 e. The Morgan fingerprint density at radius 3 is 2.71 bits per heavy atom. The third-order valence-corrected chi connectivity index (χ3v) is 2.97. The van der Waals surface area contributed by atoms with Gasteiger partial charge in [-0.3, -0.25) is 10.8 Å². The molecule has 21 heavy (non-hydrogen) atoms. The van der Waals surface area contributed by atoms with Crippen LogP contribution in [-0.2, 0) is 11.3 Å². The predicted octanol–water partition coefficient (Wildman–Crippen LogP) is 3.57. The lowest BCUT2D eigenvalue weighted by Crippen LogP contribution is -2.10. The topological polar surface area (TPSA) is 79.1 Å². The van der Waals surface area contributed by atoms with Crippen molar-refractivity contribution in [1.29, 1.82) is 10.8 Å². The van der Waals surface area contributed by atoms with Gasteiger partial charge in [0, 0.05) is 6.07 Å². The molecule has 1 heterocycles. The van der Waals surface area contributed by atoms with Crippen LogP contribution in [0.4, 0.5) is 0 Å². The van der Waals surface area contributed by atoms with Gasteiger partial charge in [-0.25, -0.2) is 4.98 Å². The maximum atomic E-state index is 7.83. The number of rotatable bonds is 5. The fraction of sp³-hybridized carbons (Fsp3) is 0.133. The van der Waals surface area contributed by atoms with E-state index in [4.69, 9.17) is 31.9 Å². The fourth-order valence-electron chi connectivity index (χ4n) is 1.85. The Morgan fingerprint density at radius 2 is 2.05 bits per heavy atom. The Labute approximate surface area is 127 Å². The third-order valence-electron chi connectivity index (χ3n) is 2.77. The summed E-state index contributed by atoms with van der Waals surface area (Å²) >= 11 is 5.94. The minimum Gasteiger partial charge on any atom is -0.488 e. The summed E-state index contributed by atoms with van der Waals surface area (Å²) in [6, 6.07) is 11.2. The predicted molar refractivity (Wildman–Crippen MR) is 81.5 cm³/mol. The Balaban J connectivity index is 2.28. The van der Waals surface area contributed by atoms with E-state index in [1.807, 2.05) is 30.3 Å². The number of halogens is 1. The van der Waals surface area contributed by atoms with Crippen LogP contribution in [0.15, 0.2) is 36.4 Å². The van der Waals surface area contributed by atoms with Crippen LogP contribution in [0.1, 0.15) is 16.8 Å². The number of benzene rings is 1. The van der Waals surface area contributed by atoms with Gasteiger partial charge in [0.2, 0.25) is 5.90 Å². The number of hydrogen-bond donors (Lipinski definition) is 2. The van der Waals surface area contributed by atoms with Gasteiger partial charge in [-0.05, 0) is 12.5 Å². The number of ether oxygens (including phenoxy) is 2. The molecule has 2 aromatic rings. The summed E-state index contributed by atoms with van der Waals surface area (Å²) in [7, 11) is 0. The van der Waals surface area contributed by atoms with Gasteiger partial charge in [-0.1, -0.05) is 41.9 Å². The van der Waals surface area contributed by atoms with Crippen molar-refractivity contribution >= 4 is 23.9 Å². The van der Waals surface area contributed by atoms with Gasteiger partial charge < -0.3 is 9.47 Å². The summed E-state index contributed by atoms with van der Waals surface area (Å²) in [4.78, 5) is 4.08. The van der Waals surface area contributed by atoms with E-state index in [0.717, 1.165) is 5.56 Å². The molecule has 2 N–H and O–H groups in total. The molecular formula is C15H14ClN3O2. The summed E-state index contributed by atoms with van der Waals surface area (Å²) in [6.45, 7) is 2.05.